The van der Waals surface area contributed by atoms with Crippen LogP contribution >= 0.6 is 0 Å². The molecule has 1 N–H and O–H groups in total. The Labute approximate surface area is 98.6 Å². The summed E-state index contributed by atoms with van der Waals surface area (Å²) >= 11 is 0. The molecule has 1 rings (SSSR count). The van der Waals surface area contributed by atoms with E-state index in [0.29, 0.717) is 13.1 Å². The van der Waals surface area contributed by atoms with E-state index in [-0.39, 0.29) is 47.1 Å². The number of aliphatic hydroxyl groups is 1. The van der Waals surface area contributed by atoms with Crippen molar-refractivity contribution < 1.29 is 39.6 Å². The fourth-order valence-electron chi connectivity index (χ4n) is 1.32. The van der Waals surface area contributed by atoms with Crippen molar-refractivity contribution in [2.24, 2.45) is 11.2 Å². The van der Waals surface area contributed by atoms with E-state index in [1.165, 1.54) is 5.01 Å². The molecule has 1 aliphatic heterocycles. The second-order valence-electron chi connectivity index (χ2n) is 2.91. The summed E-state index contributed by atoms with van der Waals surface area (Å²) < 4.78 is 0. The molecule has 0 unspecified atom stereocenters. The first kappa shape index (κ1) is 13.0. The Balaban J connectivity index is 0.00000144. The van der Waals surface area contributed by atoms with E-state index in [1.807, 2.05) is 0 Å². The Morgan fingerprint density at radius 2 is 2.00 bits per heavy atom. The summed E-state index contributed by atoms with van der Waals surface area (Å²) in [7, 11) is 0. The zero-order valence-electron chi connectivity index (χ0n) is 7.72. The van der Waals surface area contributed by atoms with Gasteiger partial charge >= 0.3 is 29.6 Å². The molecule has 0 saturated carbocycles. The van der Waals surface area contributed by atoms with Crippen LogP contribution in [0.25, 0.3) is 0 Å². The van der Waals surface area contributed by atoms with Gasteiger partial charge in [0.1, 0.15) is 0 Å². The minimum absolute atomic E-state index is 0. The molecule has 0 radical (unpaired) electrons. The number of hydrogen-bond acceptors (Lipinski definition) is 4. The van der Waals surface area contributed by atoms with E-state index >= 15 is 0 Å². The number of nitrogens with zero attached hydrogens (tertiary/aromatic N) is 3. The van der Waals surface area contributed by atoms with Gasteiger partial charge in [0, 0.05) is 11.6 Å². The van der Waals surface area contributed by atoms with Crippen LogP contribution in [0.5, 0.6) is 0 Å². The summed E-state index contributed by atoms with van der Waals surface area (Å²) in [6, 6.07) is 0. The number of piperidine rings is 1. The monoisotopic (exact) mass is 197 g/mol. The van der Waals surface area contributed by atoms with Gasteiger partial charge in [-0.25, -0.2) is 0 Å². The predicted octanol–water partition coefficient (Wildman–Crippen LogP) is -2.93. The van der Waals surface area contributed by atoms with Crippen LogP contribution < -0.4 is 29.6 Å². The van der Waals surface area contributed by atoms with Crippen molar-refractivity contribution in [3.8, 4) is 0 Å². The maximum Gasteiger partial charge on any atom is 1.00 e. The van der Waals surface area contributed by atoms with Crippen molar-refractivity contribution in [2.45, 2.75) is 12.8 Å². The van der Waals surface area contributed by atoms with E-state index < -0.39 is 0 Å². The number of rotatable bonds is 2. The molecule has 0 aromatic rings. The molecule has 0 atom stereocenters. The topological polar surface area (TPSA) is 85.0 Å². The van der Waals surface area contributed by atoms with Crippen LogP contribution in [0.4, 0.5) is 0 Å². The molecule has 7 heteroatoms. The smallest absolute Gasteiger partial charge is 0.737 e. The number of hydrazine groups is 1. The normalized spacial score (nSPS) is 19.8. The van der Waals surface area contributed by atoms with Gasteiger partial charge in [-0.2, -0.15) is 0 Å². The van der Waals surface area contributed by atoms with Crippen molar-refractivity contribution in [1.29, 1.82) is 0 Å². The maximum absolute atomic E-state index is 10.7. The second kappa shape index (κ2) is 6.42. The van der Waals surface area contributed by atoms with E-state index in [4.69, 9.17) is 5.11 Å². The van der Waals surface area contributed by atoms with Gasteiger partial charge in [-0.1, -0.05) is 0 Å². The van der Waals surface area contributed by atoms with Crippen LogP contribution in [0.1, 0.15) is 12.8 Å². The average molecular weight is 197 g/mol. The molecule has 13 heavy (non-hydrogen) atoms. The molecule has 1 heterocycles. The van der Waals surface area contributed by atoms with Crippen molar-refractivity contribution >= 4 is 0 Å². The van der Waals surface area contributed by atoms with Gasteiger partial charge in [0.15, 0.2) is 0 Å². The number of hydrogen-bond donors (Lipinski definition) is 1. The van der Waals surface area contributed by atoms with Crippen LogP contribution in [0, 0.1) is 16.3 Å². The van der Waals surface area contributed by atoms with Gasteiger partial charge in [0.05, 0.1) is 13.1 Å². The quantitative estimate of drug-likeness (QED) is 0.222. The Morgan fingerprint density at radius 1 is 1.46 bits per heavy atom. The Morgan fingerprint density at radius 3 is 2.38 bits per heavy atom. The Kier molecular flexibility index (Phi) is 6.40. The first-order valence-electron chi connectivity index (χ1n) is 3.94. The summed E-state index contributed by atoms with van der Waals surface area (Å²) in [6.07, 6.45) is 1.48. The summed E-state index contributed by atoms with van der Waals surface area (Å²) in [5.74, 6) is 0.265. The van der Waals surface area contributed by atoms with Crippen LogP contribution in [0.3, 0.4) is 0 Å². The average Bonchev–Trinajstić information content (AvgIpc) is 2.17. The van der Waals surface area contributed by atoms with E-state index in [1.54, 1.807) is 0 Å². The zero-order valence-corrected chi connectivity index (χ0v) is 9.72. The van der Waals surface area contributed by atoms with Crippen LogP contribution in [-0.2, 0) is 0 Å². The predicted molar refractivity (Wildman–Crippen MR) is 40.8 cm³/mol. The molecular weight excluding hydrogens is 185 g/mol. The molecule has 1 aliphatic rings. The fraction of sp³-hybridized carbons (Fsp3) is 1.00. The fourth-order valence-corrected chi connectivity index (χ4v) is 1.32. The van der Waals surface area contributed by atoms with E-state index in [0.717, 1.165) is 12.8 Å². The Bertz CT molecular complexity index is 171. The molecule has 70 valence electrons. The van der Waals surface area contributed by atoms with E-state index in [2.05, 4.69) is 5.28 Å². The van der Waals surface area contributed by atoms with Gasteiger partial charge in [0.2, 0.25) is 0 Å². The third-order valence-corrected chi connectivity index (χ3v) is 2.16. The van der Waals surface area contributed by atoms with Crippen molar-refractivity contribution in [3.63, 3.8) is 0 Å². The van der Waals surface area contributed by atoms with Gasteiger partial charge in [-0.05, 0) is 24.0 Å². The molecule has 1 saturated heterocycles. The van der Waals surface area contributed by atoms with Crippen molar-refractivity contribution in [1.82, 2.24) is 5.01 Å². The molecule has 0 aromatic carbocycles. The number of aliphatic hydroxyl groups excluding tert-OH is 1. The zero-order chi connectivity index (χ0) is 8.97. The van der Waals surface area contributed by atoms with Crippen LogP contribution in [0.15, 0.2) is 5.28 Å². The minimum Gasteiger partial charge on any atom is -0.737 e. The second-order valence-corrected chi connectivity index (χ2v) is 2.91. The van der Waals surface area contributed by atoms with Gasteiger partial charge < -0.3 is 15.5 Å². The first-order valence-corrected chi connectivity index (χ1v) is 3.94. The largest absolute Gasteiger partial charge is 1.00 e. The third-order valence-electron chi connectivity index (χ3n) is 2.16. The molecule has 6 nitrogen and oxygen atoms in total. The molecule has 0 aliphatic carbocycles. The molecule has 0 spiro atoms. The molecule has 0 bridgehead atoms. The molecular formula is C6H12N3NaO3. The summed E-state index contributed by atoms with van der Waals surface area (Å²) in [6.45, 7) is 1.15. The maximum atomic E-state index is 10.7. The Hall–Kier alpha value is -0.0400. The SMILES string of the molecule is [Na+].[O-]/N=[N+](/[O-])N1CCC(CO)CC1. The molecule has 0 aromatic heterocycles. The van der Waals surface area contributed by atoms with Gasteiger partial charge in [-0.15, -0.1) is 5.01 Å². The van der Waals surface area contributed by atoms with Crippen LogP contribution in [0.2, 0.25) is 0 Å². The van der Waals surface area contributed by atoms with Crippen molar-refractivity contribution in [2.75, 3.05) is 19.7 Å². The third kappa shape index (κ3) is 3.68. The molecule has 0 amide bonds. The van der Waals surface area contributed by atoms with Crippen molar-refractivity contribution in [3.05, 3.63) is 10.4 Å². The van der Waals surface area contributed by atoms with Gasteiger partial charge in [0.25, 0.3) is 0 Å². The molecule has 1 fully saturated rings. The first-order chi connectivity index (χ1) is 5.77. The summed E-state index contributed by atoms with van der Waals surface area (Å²) in [5.41, 5.74) is 0. The summed E-state index contributed by atoms with van der Waals surface area (Å²) in [4.78, 5) is 0.0770. The minimum atomic E-state index is 0. The van der Waals surface area contributed by atoms with Crippen LogP contribution in [-0.4, -0.2) is 34.8 Å². The summed E-state index contributed by atoms with van der Waals surface area (Å²) in [5, 5.41) is 32.9. The van der Waals surface area contributed by atoms with E-state index in [9.17, 15) is 10.4 Å². The standard InChI is InChI=1S/C6H13N3O3.Na/c10-5-6-1-3-8(4-2-6)9(12)7-11;/h6,10-11H,1-5H2;/q;+1/p-1/b9-7+;. The van der Waals surface area contributed by atoms with Gasteiger partial charge in [-0.3, -0.25) is 0 Å².